The van der Waals surface area contributed by atoms with Crippen LogP contribution in [0, 0.1) is 0 Å². The van der Waals surface area contributed by atoms with Crippen molar-refractivity contribution in [2.45, 2.75) is 57.5 Å². The fourth-order valence-corrected chi connectivity index (χ4v) is 3.84. The van der Waals surface area contributed by atoms with E-state index in [9.17, 15) is 22.8 Å². The zero-order valence-corrected chi connectivity index (χ0v) is 18.5. The quantitative estimate of drug-likeness (QED) is 0.690. The highest BCUT2D eigenvalue weighted by Gasteiger charge is 2.48. The van der Waals surface area contributed by atoms with Gasteiger partial charge in [0.05, 0.1) is 6.04 Å². The SMILES string of the molecule is Cn1ccc(N(C(=O)C(F)(F)F)[C@@H]2CCN(C(=O)OC(C)(C)C)[C@H](c3ccccc3)C2)n1. The number of halogens is 3. The molecule has 1 aliphatic rings. The Morgan fingerprint density at radius 3 is 2.31 bits per heavy atom. The van der Waals surface area contributed by atoms with Crippen molar-refractivity contribution in [2.75, 3.05) is 11.4 Å². The lowest BCUT2D eigenvalue weighted by molar-refractivity contribution is -0.171. The van der Waals surface area contributed by atoms with Crippen molar-refractivity contribution in [3.8, 4) is 0 Å². The van der Waals surface area contributed by atoms with Gasteiger partial charge in [-0.3, -0.25) is 14.4 Å². The van der Waals surface area contributed by atoms with Gasteiger partial charge in [-0.2, -0.15) is 18.3 Å². The molecule has 0 spiro atoms. The van der Waals surface area contributed by atoms with E-state index in [0.29, 0.717) is 4.90 Å². The predicted molar refractivity (Wildman–Crippen MR) is 112 cm³/mol. The average Bonchev–Trinajstić information content (AvgIpc) is 3.12. The molecule has 2 amide bonds. The average molecular weight is 452 g/mol. The minimum absolute atomic E-state index is 0.0719. The molecule has 174 valence electrons. The zero-order valence-electron chi connectivity index (χ0n) is 18.5. The highest BCUT2D eigenvalue weighted by Crippen LogP contribution is 2.37. The molecule has 10 heteroatoms. The molecule has 2 aromatic rings. The maximum Gasteiger partial charge on any atom is 0.471 e. The third kappa shape index (κ3) is 5.41. The monoisotopic (exact) mass is 452 g/mol. The van der Waals surface area contributed by atoms with Crippen LogP contribution < -0.4 is 4.90 Å². The van der Waals surface area contributed by atoms with Crippen LogP contribution in [0.15, 0.2) is 42.6 Å². The van der Waals surface area contributed by atoms with Crippen LogP contribution in [0.1, 0.15) is 45.2 Å². The first kappa shape index (κ1) is 23.6. The van der Waals surface area contributed by atoms with Crippen LogP contribution in [-0.4, -0.2) is 51.0 Å². The molecule has 0 unspecified atom stereocenters. The summed E-state index contributed by atoms with van der Waals surface area (Å²) in [5, 5.41) is 4.04. The second-order valence-corrected chi connectivity index (χ2v) is 8.80. The second-order valence-electron chi connectivity index (χ2n) is 8.80. The van der Waals surface area contributed by atoms with Crippen LogP contribution in [0.3, 0.4) is 0 Å². The van der Waals surface area contributed by atoms with Crippen molar-refractivity contribution >= 4 is 17.8 Å². The molecule has 0 saturated carbocycles. The number of carbonyl (C=O) groups excluding carboxylic acids is 2. The number of piperidine rings is 1. The number of alkyl halides is 3. The molecular formula is C22H27F3N4O3. The highest BCUT2D eigenvalue weighted by atomic mass is 19.4. The first-order valence-electron chi connectivity index (χ1n) is 10.3. The summed E-state index contributed by atoms with van der Waals surface area (Å²) in [4.78, 5) is 27.5. The number of benzene rings is 1. The molecule has 0 bridgehead atoms. The lowest BCUT2D eigenvalue weighted by Gasteiger charge is -2.43. The van der Waals surface area contributed by atoms with Crippen LogP contribution in [0.25, 0.3) is 0 Å². The van der Waals surface area contributed by atoms with Crippen LogP contribution in [-0.2, 0) is 16.6 Å². The number of carbonyl (C=O) groups is 2. The van der Waals surface area contributed by atoms with E-state index in [0.717, 1.165) is 5.56 Å². The molecular weight excluding hydrogens is 425 g/mol. The van der Waals surface area contributed by atoms with E-state index < -0.39 is 35.9 Å². The van der Waals surface area contributed by atoms with Gasteiger partial charge in [0.25, 0.3) is 0 Å². The van der Waals surface area contributed by atoms with Gasteiger partial charge >= 0.3 is 18.2 Å². The summed E-state index contributed by atoms with van der Waals surface area (Å²) in [5.41, 5.74) is 0.0324. The van der Waals surface area contributed by atoms with Gasteiger partial charge in [0.1, 0.15) is 5.60 Å². The summed E-state index contributed by atoms with van der Waals surface area (Å²) >= 11 is 0. The number of rotatable bonds is 3. The van der Waals surface area contributed by atoms with Crippen molar-refractivity contribution < 1.29 is 27.5 Å². The number of aryl methyl sites for hydroxylation is 1. The largest absolute Gasteiger partial charge is 0.471 e. The Bertz CT molecular complexity index is 953. The van der Waals surface area contributed by atoms with E-state index in [1.54, 1.807) is 52.1 Å². The molecule has 0 N–H and O–H groups in total. The molecule has 3 rings (SSSR count). The summed E-state index contributed by atoms with van der Waals surface area (Å²) in [6, 6.07) is 9.03. The standard InChI is InChI=1S/C22H27F3N4O3/c1-21(2,3)32-20(31)28-13-10-16(14-17(28)15-8-6-5-7-9-15)29(19(30)22(23,24)25)18-11-12-27(4)26-18/h5-9,11-12,16-17H,10,13-14H2,1-4H3/t16-,17+/m1/s1. The van der Waals surface area contributed by atoms with E-state index >= 15 is 0 Å². The van der Waals surface area contributed by atoms with Gasteiger partial charge in [-0.05, 0) is 39.2 Å². The molecule has 7 nitrogen and oxygen atoms in total. The second kappa shape index (κ2) is 8.84. The Hall–Kier alpha value is -3.04. The van der Waals surface area contributed by atoms with E-state index in [1.165, 1.54) is 21.8 Å². The summed E-state index contributed by atoms with van der Waals surface area (Å²) in [6.45, 7) is 5.38. The summed E-state index contributed by atoms with van der Waals surface area (Å²) in [6.07, 6.45) is -3.85. The van der Waals surface area contributed by atoms with Crippen LogP contribution >= 0.6 is 0 Å². The minimum atomic E-state index is -5.05. The molecule has 0 radical (unpaired) electrons. The van der Waals surface area contributed by atoms with Crippen molar-refractivity contribution in [3.63, 3.8) is 0 Å². The normalized spacial score (nSPS) is 19.5. The molecule has 1 saturated heterocycles. The molecule has 1 aliphatic heterocycles. The molecule has 1 aromatic carbocycles. The maximum absolute atomic E-state index is 13.4. The minimum Gasteiger partial charge on any atom is -0.444 e. The molecule has 32 heavy (non-hydrogen) atoms. The number of likely N-dealkylation sites (tertiary alicyclic amines) is 1. The fourth-order valence-electron chi connectivity index (χ4n) is 3.84. The first-order chi connectivity index (χ1) is 14.9. The van der Waals surface area contributed by atoms with Crippen LogP contribution in [0.2, 0.25) is 0 Å². The third-order valence-electron chi connectivity index (χ3n) is 5.16. The maximum atomic E-state index is 13.4. The van der Waals surface area contributed by atoms with Gasteiger partial charge in [-0.25, -0.2) is 4.79 Å². The number of hydrogen-bond donors (Lipinski definition) is 0. The van der Waals surface area contributed by atoms with E-state index in [4.69, 9.17) is 4.74 Å². The van der Waals surface area contributed by atoms with Crippen molar-refractivity contribution in [2.24, 2.45) is 7.05 Å². The number of anilines is 1. The van der Waals surface area contributed by atoms with Gasteiger partial charge in [-0.15, -0.1) is 0 Å². The van der Waals surface area contributed by atoms with Crippen LogP contribution in [0.4, 0.5) is 23.8 Å². The summed E-state index contributed by atoms with van der Waals surface area (Å²) in [5.74, 6) is -2.05. The van der Waals surface area contributed by atoms with E-state index in [1.807, 2.05) is 6.07 Å². The number of amides is 2. The number of ether oxygens (including phenoxy) is 1. The van der Waals surface area contributed by atoms with Crippen molar-refractivity contribution in [3.05, 3.63) is 48.2 Å². The summed E-state index contributed by atoms with van der Waals surface area (Å²) < 4.78 is 47.2. The van der Waals surface area contributed by atoms with Gasteiger partial charge in [-0.1, -0.05) is 30.3 Å². The van der Waals surface area contributed by atoms with Gasteiger partial charge in [0, 0.05) is 31.9 Å². The highest BCUT2D eigenvalue weighted by molar-refractivity contribution is 5.97. The number of hydrogen-bond acceptors (Lipinski definition) is 4. The Labute approximate surface area is 184 Å². The van der Waals surface area contributed by atoms with Crippen LogP contribution in [0.5, 0.6) is 0 Å². The number of nitrogens with zero attached hydrogens (tertiary/aromatic N) is 4. The van der Waals surface area contributed by atoms with Crippen molar-refractivity contribution in [1.82, 2.24) is 14.7 Å². The third-order valence-corrected chi connectivity index (χ3v) is 5.16. The molecule has 2 heterocycles. The Kier molecular flexibility index (Phi) is 6.52. The predicted octanol–water partition coefficient (Wildman–Crippen LogP) is 4.46. The van der Waals surface area contributed by atoms with E-state index in [2.05, 4.69) is 5.10 Å². The van der Waals surface area contributed by atoms with Gasteiger partial charge in [0.2, 0.25) is 0 Å². The Balaban J connectivity index is 1.96. The fraction of sp³-hybridized carbons (Fsp3) is 0.500. The lowest BCUT2D eigenvalue weighted by Crippen LogP contribution is -2.54. The molecule has 0 aliphatic carbocycles. The number of aromatic nitrogens is 2. The summed E-state index contributed by atoms with van der Waals surface area (Å²) in [7, 11) is 1.57. The van der Waals surface area contributed by atoms with Gasteiger partial charge in [0.15, 0.2) is 5.82 Å². The zero-order chi connectivity index (χ0) is 23.7. The topological polar surface area (TPSA) is 67.7 Å². The van der Waals surface area contributed by atoms with Crippen molar-refractivity contribution in [1.29, 1.82) is 0 Å². The van der Waals surface area contributed by atoms with E-state index in [-0.39, 0.29) is 25.2 Å². The molecule has 1 aromatic heterocycles. The molecule has 2 atom stereocenters. The first-order valence-corrected chi connectivity index (χ1v) is 10.3. The smallest absolute Gasteiger partial charge is 0.444 e. The lowest BCUT2D eigenvalue weighted by atomic mass is 9.91. The molecule has 1 fully saturated rings. The van der Waals surface area contributed by atoms with Gasteiger partial charge < -0.3 is 9.64 Å². The Morgan fingerprint density at radius 2 is 1.78 bits per heavy atom. The Morgan fingerprint density at radius 1 is 1.12 bits per heavy atom.